The maximum atomic E-state index is 3.64. The van der Waals surface area contributed by atoms with Crippen molar-refractivity contribution >= 4 is 26.7 Å². The topological polar surface area (TPSA) is 31.6 Å². The van der Waals surface area contributed by atoms with Gasteiger partial charge in [0, 0.05) is 29.4 Å². The molecule has 2 aromatic heterocycles. The lowest BCUT2D eigenvalue weighted by molar-refractivity contribution is 0.0184. The molecule has 0 unspecified atom stereocenters. The monoisotopic (exact) mass is 644 g/mol. The first-order valence-corrected chi connectivity index (χ1v) is 21.6. The number of benzene rings is 2. The van der Waals surface area contributed by atoms with Crippen LogP contribution in [0.4, 0.5) is 0 Å². The maximum absolute atomic E-state index is 3.64. The van der Waals surface area contributed by atoms with E-state index < -0.39 is 7.92 Å². The minimum Gasteiger partial charge on any atom is -0.361 e. The summed E-state index contributed by atoms with van der Waals surface area (Å²) < 4.78 is 0. The van der Waals surface area contributed by atoms with Crippen LogP contribution in [0.25, 0.3) is 11.1 Å². The quantitative estimate of drug-likeness (QED) is 0.170. The smallest absolute Gasteiger partial charge is 0.0448 e. The van der Waals surface area contributed by atoms with Crippen molar-refractivity contribution in [3.05, 3.63) is 96.3 Å². The lowest BCUT2D eigenvalue weighted by Crippen LogP contribution is -2.56. The van der Waals surface area contributed by atoms with Crippen LogP contribution in [0.15, 0.2) is 85.2 Å². The highest BCUT2D eigenvalue weighted by molar-refractivity contribution is 7.71. The fourth-order valence-corrected chi connectivity index (χ4v) is 20.4. The second kappa shape index (κ2) is 11.2. The predicted octanol–water partition coefficient (Wildman–Crippen LogP) is 10.6. The molecule has 46 heavy (non-hydrogen) atoms. The van der Waals surface area contributed by atoms with Gasteiger partial charge in [-0.05, 0) is 183 Å². The van der Waals surface area contributed by atoms with E-state index in [1.807, 2.05) is 0 Å². The van der Waals surface area contributed by atoms with Crippen molar-refractivity contribution in [2.45, 2.75) is 99.7 Å². The minimum absolute atomic E-state index is 0.0886. The Morgan fingerprint density at radius 2 is 1.00 bits per heavy atom. The first-order valence-electron chi connectivity index (χ1n) is 18.6. The molecule has 2 heterocycles. The maximum Gasteiger partial charge on any atom is 0.0448 e. The Balaban J connectivity index is 1.09. The Bertz CT molecular complexity index is 1520. The SMILES string of the molecule is c1ccc(-c2ccc(CP(C34CC5CC(CC(C5)C3)C4)C34CC5CC(CC(C5)C3)C4)c(CP(c3ccc[nH]3)c3ccc[nH]3)c2)cc1. The van der Waals surface area contributed by atoms with E-state index in [4.69, 9.17) is 0 Å². The van der Waals surface area contributed by atoms with Crippen molar-refractivity contribution < 1.29 is 0 Å². The molecule has 0 atom stereocenters. The van der Waals surface area contributed by atoms with Crippen LogP contribution in [0.5, 0.6) is 0 Å². The molecule has 2 nitrogen and oxygen atoms in total. The first-order chi connectivity index (χ1) is 22.6. The standard InChI is InChI=1S/C42H50N2P2/c1-2-6-35(7-3-1)36-10-11-37(38(20-36)27-45(39-8-4-12-43-39)40-9-5-13-44-40)28-46(41-21-29-14-30(22-41)16-31(15-29)23-41)42-24-32-17-33(25-42)19-34(18-32)26-42/h1-13,20,29-34,43-44H,14-19,21-28H2. The molecule has 4 aromatic rings. The van der Waals surface area contributed by atoms with Gasteiger partial charge in [0.1, 0.15) is 0 Å². The summed E-state index contributed by atoms with van der Waals surface area (Å²) in [6.45, 7) is 0. The third kappa shape index (κ3) is 4.95. The zero-order valence-electron chi connectivity index (χ0n) is 27.3. The van der Waals surface area contributed by atoms with Gasteiger partial charge in [0.2, 0.25) is 0 Å². The van der Waals surface area contributed by atoms with Gasteiger partial charge in [0.15, 0.2) is 0 Å². The molecule has 2 N–H and O–H groups in total. The van der Waals surface area contributed by atoms with Crippen LogP contribution in [0.2, 0.25) is 0 Å². The third-order valence-corrected chi connectivity index (χ3v) is 20.3. The van der Waals surface area contributed by atoms with Gasteiger partial charge in [-0.15, -0.1) is 0 Å². The molecule has 8 fully saturated rings. The van der Waals surface area contributed by atoms with Gasteiger partial charge in [-0.1, -0.05) is 56.5 Å². The summed E-state index contributed by atoms with van der Waals surface area (Å²) in [5, 5.41) is 1.32. The largest absolute Gasteiger partial charge is 0.361 e. The zero-order chi connectivity index (χ0) is 30.3. The molecular formula is C42H50N2P2. The molecule has 0 radical (unpaired) electrons. The number of hydrogen-bond acceptors (Lipinski definition) is 0. The second-order valence-corrected chi connectivity index (χ2v) is 22.1. The lowest BCUT2D eigenvalue weighted by atomic mass is 9.55. The van der Waals surface area contributed by atoms with Crippen LogP contribution in [-0.4, -0.2) is 20.3 Å². The number of H-pyrrole nitrogens is 2. The highest BCUT2D eigenvalue weighted by atomic mass is 31.1. The summed E-state index contributed by atoms with van der Waals surface area (Å²) >= 11 is 0. The van der Waals surface area contributed by atoms with Crippen molar-refractivity contribution in [1.29, 1.82) is 0 Å². The zero-order valence-corrected chi connectivity index (χ0v) is 29.1. The summed E-state index contributed by atoms with van der Waals surface area (Å²) in [5.74, 6) is 6.24. The van der Waals surface area contributed by atoms with Crippen molar-refractivity contribution in [2.75, 3.05) is 0 Å². The van der Waals surface area contributed by atoms with Crippen LogP contribution in [0.1, 0.15) is 88.2 Å². The van der Waals surface area contributed by atoms with Crippen LogP contribution in [0, 0.1) is 35.5 Å². The number of rotatable bonds is 9. The summed E-state index contributed by atoms with van der Waals surface area (Å²) in [6, 6.07) is 27.9. The molecule has 8 saturated carbocycles. The fraction of sp³-hybridized carbons (Fsp3) is 0.524. The van der Waals surface area contributed by atoms with E-state index in [0.29, 0.717) is 10.3 Å². The Morgan fingerprint density at radius 1 is 0.500 bits per heavy atom. The van der Waals surface area contributed by atoms with Gasteiger partial charge >= 0.3 is 0 Å². The first kappa shape index (κ1) is 28.8. The average Bonchev–Trinajstić information content (AvgIpc) is 3.78. The molecule has 2 aromatic carbocycles. The molecule has 238 valence electrons. The van der Waals surface area contributed by atoms with E-state index in [0.717, 1.165) is 41.7 Å². The van der Waals surface area contributed by atoms with E-state index in [2.05, 4.69) is 95.2 Å². The molecular weight excluding hydrogens is 594 g/mol. The number of hydrogen-bond donors (Lipinski definition) is 2. The van der Waals surface area contributed by atoms with Gasteiger partial charge in [-0.25, -0.2) is 0 Å². The molecule has 12 rings (SSSR count). The number of aromatic amines is 2. The summed E-state index contributed by atoms with van der Waals surface area (Å²) in [7, 11) is -0.622. The molecule has 8 bridgehead atoms. The minimum atomic E-state index is -0.534. The number of aromatic nitrogens is 2. The van der Waals surface area contributed by atoms with E-state index in [-0.39, 0.29) is 7.92 Å². The van der Waals surface area contributed by atoms with Gasteiger partial charge in [0.25, 0.3) is 0 Å². The van der Waals surface area contributed by atoms with Crippen LogP contribution < -0.4 is 10.9 Å². The third-order valence-electron chi connectivity index (χ3n) is 13.9. The molecule has 0 saturated heterocycles. The second-order valence-electron chi connectivity index (χ2n) is 16.9. The van der Waals surface area contributed by atoms with Crippen molar-refractivity contribution in [3.63, 3.8) is 0 Å². The van der Waals surface area contributed by atoms with Crippen molar-refractivity contribution in [2.24, 2.45) is 35.5 Å². The molecule has 8 aliphatic rings. The molecule has 0 amide bonds. The summed E-state index contributed by atoms with van der Waals surface area (Å²) in [4.78, 5) is 7.29. The molecule has 4 heteroatoms. The van der Waals surface area contributed by atoms with Gasteiger partial charge in [-0.2, -0.15) is 0 Å². The van der Waals surface area contributed by atoms with Gasteiger partial charge in [0.05, 0.1) is 0 Å². The van der Waals surface area contributed by atoms with Gasteiger partial charge < -0.3 is 9.97 Å². The molecule has 0 spiro atoms. The Kier molecular flexibility index (Phi) is 7.03. The lowest BCUT2D eigenvalue weighted by Gasteiger charge is -2.67. The Labute approximate surface area is 278 Å². The molecule has 0 aliphatic heterocycles. The van der Waals surface area contributed by atoms with Crippen molar-refractivity contribution in [1.82, 2.24) is 9.97 Å². The summed E-state index contributed by atoms with van der Waals surface area (Å²) in [5.41, 5.74) is 8.85. The Morgan fingerprint density at radius 3 is 1.46 bits per heavy atom. The molecule has 8 aliphatic carbocycles. The van der Waals surface area contributed by atoms with Gasteiger partial charge in [-0.3, -0.25) is 0 Å². The van der Waals surface area contributed by atoms with E-state index in [1.54, 1.807) is 88.2 Å². The van der Waals surface area contributed by atoms with Crippen molar-refractivity contribution in [3.8, 4) is 11.1 Å². The van der Waals surface area contributed by atoms with E-state index in [9.17, 15) is 0 Å². The normalized spacial score (nSPS) is 36.1. The van der Waals surface area contributed by atoms with Crippen LogP contribution >= 0.6 is 15.8 Å². The van der Waals surface area contributed by atoms with E-state index >= 15 is 0 Å². The fourth-order valence-electron chi connectivity index (χ4n) is 13.0. The summed E-state index contributed by atoms with van der Waals surface area (Å²) in [6.07, 6.45) is 25.6. The van der Waals surface area contributed by atoms with Crippen LogP contribution in [0.3, 0.4) is 0 Å². The highest BCUT2D eigenvalue weighted by Crippen LogP contribution is 2.79. The van der Waals surface area contributed by atoms with Crippen LogP contribution in [-0.2, 0) is 12.3 Å². The predicted molar refractivity (Wildman–Crippen MR) is 196 cm³/mol. The Hall–Kier alpha value is -2.14. The number of nitrogens with one attached hydrogen (secondary N) is 2. The highest BCUT2D eigenvalue weighted by Gasteiger charge is 2.62. The average molecular weight is 645 g/mol. The van der Waals surface area contributed by atoms with E-state index in [1.165, 1.54) is 28.2 Å².